The molecule has 0 unspecified atom stereocenters. The largest absolute Gasteiger partial charge is 0.486 e. The molecule has 2 aromatic heterocycles. The first-order valence-electron chi connectivity index (χ1n) is 10.8. The molecular weight excluding hydrogens is 420 g/mol. The fraction of sp³-hybridized carbons (Fsp3) is 0.240. The fourth-order valence-corrected chi connectivity index (χ4v) is 3.88. The number of benzene rings is 2. The van der Waals surface area contributed by atoms with Crippen LogP contribution in [0.5, 0.6) is 17.4 Å². The van der Waals surface area contributed by atoms with Crippen LogP contribution >= 0.6 is 0 Å². The highest BCUT2D eigenvalue weighted by molar-refractivity contribution is 5.94. The Kier molecular flexibility index (Phi) is 5.34. The number of aryl methyl sites for hydroxylation is 2. The third-order valence-corrected chi connectivity index (χ3v) is 5.46. The lowest BCUT2D eigenvalue weighted by molar-refractivity contribution is -0.122. The van der Waals surface area contributed by atoms with Crippen LogP contribution in [0.3, 0.4) is 0 Å². The van der Waals surface area contributed by atoms with E-state index in [9.17, 15) is 4.79 Å². The van der Waals surface area contributed by atoms with E-state index in [2.05, 4.69) is 15.4 Å². The maximum Gasteiger partial charge on any atom is 0.265 e. The molecule has 3 heterocycles. The molecule has 1 atom stereocenters. The van der Waals surface area contributed by atoms with Gasteiger partial charge in [-0.3, -0.25) is 4.79 Å². The number of ether oxygens (including phenoxy) is 3. The summed E-state index contributed by atoms with van der Waals surface area (Å²) in [5.41, 5.74) is 4.07. The molecule has 0 aliphatic carbocycles. The minimum Gasteiger partial charge on any atom is -0.486 e. The highest BCUT2D eigenvalue weighted by Crippen LogP contribution is 2.33. The molecule has 168 valence electrons. The molecule has 8 nitrogen and oxygen atoms in total. The summed E-state index contributed by atoms with van der Waals surface area (Å²) in [6.45, 7) is 6.63. The first-order chi connectivity index (χ1) is 16.0. The van der Waals surface area contributed by atoms with Crippen molar-refractivity contribution >= 4 is 22.6 Å². The number of para-hydroxylation sites is 1. The van der Waals surface area contributed by atoms with Crippen molar-refractivity contribution in [1.29, 1.82) is 0 Å². The van der Waals surface area contributed by atoms with Gasteiger partial charge in [-0.1, -0.05) is 18.2 Å². The predicted octanol–water partition coefficient (Wildman–Crippen LogP) is 4.21. The van der Waals surface area contributed by atoms with Gasteiger partial charge in [0.2, 0.25) is 5.88 Å². The minimum atomic E-state index is -0.767. The van der Waals surface area contributed by atoms with Gasteiger partial charge >= 0.3 is 0 Å². The van der Waals surface area contributed by atoms with E-state index in [1.165, 1.54) is 0 Å². The molecule has 4 aromatic rings. The zero-order valence-corrected chi connectivity index (χ0v) is 18.7. The number of hydrogen-bond donors (Lipinski definition) is 1. The normalized spacial score (nSPS) is 13.5. The van der Waals surface area contributed by atoms with E-state index in [1.807, 2.05) is 50.2 Å². The average molecular weight is 444 g/mol. The number of carbonyl (C=O) groups is 1. The standard InChI is InChI=1S/C25H24N4O4/c1-15-13-22(27-24-23(15)16(2)28-29(24)19-7-5-4-6-8-19)33-17(3)25(30)26-18-9-10-20-21(14-18)32-12-11-31-20/h4-10,13-14,17H,11-12H2,1-3H3,(H,26,30)/t17-/m1/s1. The Balaban J connectivity index is 1.38. The maximum absolute atomic E-state index is 12.8. The minimum absolute atomic E-state index is 0.293. The zero-order chi connectivity index (χ0) is 22.9. The first-order valence-corrected chi connectivity index (χ1v) is 10.8. The molecule has 1 amide bonds. The highest BCUT2D eigenvalue weighted by atomic mass is 16.6. The van der Waals surface area contributed by atoms with Crippen LogP contribution in [-0.4, -0.2) is 40.0 Å². The summed E-state index contributed by atoms with van der Waals surface area (Å²) in [5, 5.41) is 8.50. The van der Waals surface area contributed by atoms with E-state index in [0.29, 0.717) is 41.9 Å². The van der Waals surface area contributed by atoms with Gasteiger partial charge in [0.25, 0.3) is 5.91 Å². The summed E-state index contributed by atoms with van der Waals surface area (Å²) in [7, 11) is 0. The van der Waals surface area contributed by atoms with Crippen molar-refractivity contribution in [2.75, 3.05) is 18.5 Å². The topological polar surface area (TPSA) is 87.5 Å². The maximum atomic E-state index is 12.8. The zero-order valence-electron chi connectivity index (χ0n) is 18.7. The lowest BCUT2D eigenvalue weighted by Crippen LogP contribution is -2.30. The van der Waals surface area contributed by atoms with Gasteiger partial charge in [-0.25, -0.2) is 4.68 Å². The van der Waals surface area contributed by atoms with E-state index in [4.69, 9.17) is 14.2 Å². The summed E-state index contributed by atoms with van der Waals surface area (Å²) in [6, 6.07) is 16.9. The van der Waals surface area contributed by atoms with Crippen LogP contribution in [0.25, 0.3) is 16.7 Å². The summed E-state index contributed by atoms with van der Waals surface area (Å²) in [6.07, 6.45) is -0.767. The summed E-state index contributed by atoms with van der Waals surface area (Å²) < 4.78 is 18.8. The number of pyridine rings is 1. The lowest BCUT2D eigenvalue weighted by Gasteiger charge is -2.19. The second-order valence-electron chi connectivity index (χ2n) is 7.92. The van der Waals surface area contributed by atoms with Crippen LogP contribution in [0.2, 0.25) is 0 Å². The number of fused-ring (bicyclic) bond motifs is 2. The van der Waals surface area contributed by atoms with Gasteiger partial charge in [-0.15, -0.1) is 0 Å². The van der Waals surface area contributed by atoms with Crippen molar-refractivity contribution in [3.05, 3.63) is 65.9 Å². The number of aromatic nitrogens is 3. The second-order valence-corrected chi connectivity index (χ2v) is 7.92. The van der Waals surface area contributed by atoms with Gasteiger partial charge in [0, 0.05) is 23.2 Å². The molecule has 0 radical (unpaired) electrons. The Morgan fingerprint density at radius 2 is 1.82 bits per heavy atom. The SMILES string of the molecule is Cc1cc(O[C@H](C)C(=O)Nc2ccc3c(c2)OCCO3)nc2c1c(C)nn2-c1ccccc1. The fourth-order valence-electron chi connectivity index (χ4n) is 3.88. The molecule has 0 saturated heterocycles. The number of carbonyl (C=O) groups excluding carboxylic acids is 1. The molecule has 0 saturated carbocycles. The molecule has 0 spiro atoms. The third-order valence-electron chi connectivity index (χ3n) is 5.46. The number of nitrogens with zero attached hydrogens (tertiary/aromatic N) is 3. The second kappa shape index (κ2) is 8.46. The Bertz CT molecular complexity index is 1330. The summed E-state index contributed by atoms with van der Waals surface area (Å²) >= 11 is 0. The molecule has 0 fully saturated rings. The van der Waals surface area contributed by atoms with Crippen LogP contribution in [-0.2, 0) is 4.79 Å². The van der Waals surface area contributed by atoms with Crippen molar-refractivity contribution in [1.82, 2.24) is 14.8 Å². The molecule has 33 heavy (non-hydrogen) atoms. The van der Waals surface area contributed by atoms with E-state index < -0.39 is 6.10 Å². The Labute approximate surface area is 191 Å². The Morgan fingerprint density at radius 3 is 2.61 bits per heavy atom. The third kappa shape index (κ3) is 4.07. The number of rotatable bonds is 5. The molecule has 1 aliphatic rings. The van der Waals surface area contributed by atoms with E-state index in [1.54, 1.807) is 29.8 Å². The van der Waals surface area contributed by atoms with E-state index in [0.717, 1.165) is 22.3 Å². The van der Waals surface area contributed by atoms with Gasteiger partial charge in [0.15, 0.2) is 23.3 Å². The average Bonchev–Trinajstić information content (AvgIpc) is 3.16. The van der Waals surface area contributed by atoms with Crippen molar-refractivity contribution in [3.63, 3.8) is 0 Å². The van der Waals surface area contributed by atoms with Crippen molar-refractivity contribution in [2.45, 2.75) is 26.9 Å². The van der Waals surface area contributed by atoms with Gasteiger partial charge in [-0.2, -0.15) is 10.1 Å². The van der Waals surface area contributed by atoms with Crippen molar-refractivity contribution in [3.8, 4) is 23.1 Å². The van der Waals surface area contributed by atoms with Gasteiger partial charge < -0.3 is 19.5 Å². The summed E-state index contributed by atoms with van der Waals surface area (Å²) in [5.74, 6) is 1.35. The predicted molar refractivity (Wildman–Crippen MR) is 124 cm³/mol. The molecule has 0 bridgehead atoms. The lowest BCUT2D eigenvalue weighted by atomic mass is 10.1. The number of amides is 1. The molecule has 8 heteroatoms. The van der Waals surface area contributed by atoms with Crippen LogP contribution < -0.4 is 19.5 Å². The van der Waals surface area contributed by atoms with E-state index >= 15 is 0 Å². The highest BCUT2D eigenvalue weighted by Gasteiger charge is 2.20. The summed E-state index contributed by atoms with van der Waals surface area (Å²) in [4.78, 5) is 17.5. The number of anilines is 1. The molecule has 5 rings (SSSR count). The molecule has 2 aromatic carbocycles. The molecule has 1 aliphatic heterocycles. The van der Waals surface area contributed by atoms with Crippen LogP contribution in [0, 0.1) is 13.8 Å². The van der Waals surface area contributed by atoms with E-state index in [-0.39, 0.29) is 5.91 Å². The van der Waals surface area contributed by atoms with Gasteiger partial charge in [0.05, 0.1) is 11.4 Å². The molecule has 1 N–H and O–H groups in total. The van der Waals surface area contributed by atoms with Crippen molar-refractivity contribution in [2.24, 2.45) is 0 Å². The number of nitrogens with one attached hydrogen (secondary N) is 1. The first kappa shape index (κ1) is 20.8. The quantitative estimate of drug-likeness (QED) is 0.496. The Hall–Kier alpha value is -4.07. The smallest absolute Gasteiger partial charge is 0.265 e. The van der Waals surface area contributed by atoms with Crippen LogP contribution in [0.1, 0.15) is 18.2 Å². The van der Waals surface area contributed by atoms with Crippen molar-refractivity contribution < 1.29 is 19.0 Å². The molecular formula is C25H24N4O4. The van der Waals surface area contributed by atoms with Gasteiger partial charge in [-0.05, 0) is 50.6 Å². The van der Waals surface area contributed by atoms with Gasteiger partial charge in [0.1, 0.15) is 13.2 Å². The Morgan fingerprint density at radius 1 is 1.06 bits per heavy atom. The van der Waals surface area contributed by atoms with Crippen LogP contribution in [0.15, 0.2) is 54.6 Å². The number of hydrogen-bond acceptors (Lipinski definition) is 6. The monoisotopic (exact) mass is 444 g/mol. The van der Waals surface area contributed by atoms with Crippen LogP contribution in [0.4, 0.5) is 5.69 Å².